The lowest BCUT2D eigenvalue weighted by Gasteiger charge is -2.15. The van der Waals surface area contributed by atoms with Gasteiger partial charge in [0.2, 0.25) is 5.91 Å². The van der Waals surface area contributed by atoms with Crippen molar-refractivity contribution in [2.24, 2.45) is 5.73 Å². The highest BCUT2D eigenvalue weighted by molar-refractivity contribution is 5.86. The van der Waals surface area contributed by atoms with Crippen LogP contribution in [0.2, 0.25) is 0 Å². The zero-order valence-corrected chi connectivity index (χ0v) is 9.23. The Morgan fingerprint density at radius 1 is 1.44 bits per heavy atom. The van der Waals surface area contributed by atoms with Crippen molar-refractivity contribution in [2.45, 2.75) is 31.8 Å². The molecule has 92 valence electrons. The third-order valence-corrected chi connectivity index (χ3v) is 1.89. The normalized spacial score (nSPS) is 13.7. The molecule has 0 radical (unpaired) electrons. The molecule has 0 rings (SSSR count). The number of amides is 1. The molecule has 0 spiro atoms. The molecule has 0 aliphatic carbocycles. The van der Waals surface area contributed by atoms with Gasteiger partial charge in [0.15, 0.2) is 0 Å². The standard InChI is InChI=1S/C9H16N2O5/c1-5(10)8(13)11-6(9(14)15)3-4-7(12)16-2/h5-6H,3-4,10H2,1-2H3,(H,11,13)(H,14,15)/t5-,6-/m1/s1. The van der Waals surface area contributed by atoms with Gasteiger partial charge in [0.05, 0.1) is 13.2 Å². The summed E-state index contributed by atoms with van der Waals surface area (Å²) in [5, 5.41) is 11.0. The number of ether oxygens (including phenoxy) is 1. The van der Waals surface area contributed by atoms with Gasteiger partial charge in [-0.1, -0.05) is 0 Å². The molecule has 4 N–H and O–H groups in total. The van der Waals surface area contributed by atoms with E-state index >= 15 is 0 Å². The number of rotatable bonds is 6. The lowest BCUT2D eigenvalue weighted by Crippen LogP contribution is -2.47. The number of aliphatic carboxylic acids is 1. The number of carboxylic acid groups (broad SMARTS) is 1. The SMILES string of the molecule is COC(=O)CC[C@@H](NC(=O)[C@@H](C)N)C(=O)O. The van der Waals surface area contributed by atoms with Crippen molar-refractivity contribution in [2.75, 3.05) is 7.11 Å². The molecule has 0 aromatic heterocycles. The fourth-order valence-electron chi connectivity index (χ4n) is 0.925. The summed E-state index contributed by atoms with van der Waals surface area (Å²) in [5.41, 5.74) is 5.27. The molecule has 0 aliphatic heterocycles. The Morgan fingerprint density at radius 3 is 2.38 bits per heavy atom. The number of methoxy groups -OCH3 is 1. The van der Waals surface area contributed by atoms with Crippen LogP contribution < -0.4 is 11.1 Å². The average Bonchev–Trinajstić information content (AvgIpc) is 2.22. The highest BCUT2D eigenvalue weighted by Gasteiger charge is 2.22. The third-order valence-electron chi connectivity index (χ3n) is 1.89. The third kappa shape index (κ3) is 5.30. The van der Waals surface area contributed by atoms with E-state index < -0.39 is 29.9 Å². The Bertz CT molecular complexity index is 277. The van der Waals surface area contributed by atoms with Crippen LogP contribution in [0.15, 0.2) is 0 Å². The Balaban J connectivity index is 4.24. The van der Waals surface area contributed by atoms with E-state index in [2.05, 4.69) is 10.1 Å². The Kier molecular flexibility index (Phi) is 6.09. The maximum atomic E-state index is 11.2. The molecule has 2 atom stereocenters. The van der Waals surface area contributed by atoms with Crippen LogP contribution in [-0.4, -0.2) is 42.1 Å². The smallest absolute Gasteiger partial charge is 0.326 e. The Labute approximate surface area is 92.9 Å². The van der Waals surface area contributed by atoms with Gasteiger partial charge in [-0.15, -0.1) is 0 Å². The van der Waals surface area contributed by atoms with Gasteiger partial charge in [0.1, 0.15) is 6.04 Å². The van der Waals surface area contributed by atoms with E-state index in [1.54, 1.807) is 0 Å². The highest BCUT2D eigenvalue weighted by Crippen LogP contribution is 2.00. The summed E-state index contributed by atoms with van der Waals surface area (Å²) in [4.78, 5) is 32.7. The summed E-state index contributed by atoms with van der Waals surface area (Å²) in [6.07, 6.45) is -0.104. The maximum Gasteiger partial charge on any atom is 0.326 e. The predicted octanol–water partition coefficient (Wildman–Crippen LogP) is -1.14. The van der Waals surface area contributed by atoms with Crippen molar-refractivity contribution in [1.82, 2.24) is 5.32 Å². The first-order chi connectivity index (χ1) is 7.38. The number of hydrogen-bond donors (Lipinski definition) is 3. The number of hydrogen-bond acceptors (Lipinski definition) is 5. The minimum absolute atomic E-state index is 0.0273. The van der Waals surface area contributed by atoms with E-state index in [0.717, 1.165) is 0 Å². The summed E-state index contributed by atoms with van der Waals surface area (Å²) < 4.78 is 4.36. The first-order valence-corrected chi connectivity index (χ1v) is 4.74. The number of nitrogens with one attached hydrogen (secondary N) is 1. The number of esters is 1. The molecular formula is C9H16N2O5. The van der Waals surface area contributed by atoms with Crippen LogP contribution in [0.4, 0.5) is 0 Å². The van der Waals surface area contributed by atoms with Crippen LogP contribution in [-0.2, 0) is 19.1 Å². The van der Waals surface area contributed by atoms with Gasteiger partial charge in [0.25, 0.3) is 0 Å². The van der Waals surface area contributed by atoms with Gasteiger partial charge in [-0.3, -0.25) is 9.59 Å². The second-order valence-electron chi connectivity index (χ2n) is 3.30. The van der Waals surface area contributed by atoms with E-state index in [4.69, 9.17) is 10.8 Å². The molecule has 0 fully saturated rings. The molecule has 7 nitrogen and oxygen atoms in total. The van der Waals surface area contributed by atoms with E-state index in [-0.39, 0.29) is 12.8 Å². The fraction of sp³-hybridized carbons (Fsp3) is 0.667. The van der Waals surface area contributed by atoms with Gasteiger partial charge in [-0.2, -0.15) is 0 Å². The summed E-state index contributed by atoms with van der Waals surface area (Å²) in [7, 11) is 1.21. The molecule has 16 heavy (non-hydrogen) atoms. The topological polar surface area (TPSA) is 119 Å². The molecule has 0 saturated carbocycles. The second kappa shape index (κ2) is 6.78. The van der Waals surface area contributed by atoms with Crippen LogP contribution in [0.25, 0.3) is 0 Å². The lowest BCUT2D eigenvalue weighted by atomic mass is 10.1. The quantitative estimate of drug-likeness (QED) is 0.498. The van der Waals surface area contributed by atoms with E-state index in [9.17, 15) is 14.4 Å². The van der Waals surface area contributed by atoms with Gasteiger partial charge in [-0.05, 0) is 13.3 Å². The molecule has 0 unspecified atom stereocenters. The van der Waals surface area contributed by atoms with Crippen molar-refractivity contribution < 1.29 is 24.2 Å². The number of carboxylic acids is 1. The maximum absolute atomic E-state index is 11.2. The van der Waals surface area contributed by atoms with Crippen molar-refractivity contribution in [1.29, 1.82) is 0 Å². The highest BCUT2D eigenvalue weighted by atomic mass is 16.5. The predicted molar refractivity (Wildman–Crippen MR) is 54.5 cm³/mol. The minimum Gasteiger partial charge on any atom is -0.480 e. The number of carbonyl (C=O) groups is 3. The summed E-state index contributed by atoms with van der Waals surface area (Å²) in [6, 6.07) is -1.92. The summed E-state index contributed by atoms with van der Waals surface area (Å²) in [6.45, 7) is 1.44. The van der Waals surface area contributed by atoms with Crippen LogP contribution in [0, 0.1) is 0 Å². The summed E-state index contributed by atoms with van der Waals surface area (Å²) in [5.74, 6) is -2.31. The van der Waals surface area contributed by atoms with Gasteiger partial charge >= 0.3 is 11.9 Å². The number of carbonyl (C=O) groups excluding carboxylic acids is 2. The fourth-order valence-corrected chi connectivity index (χ4v) is 0.925. The van der Waals surface area contributed by atoms with Gasteiger partial charge in [-0.25, -0.2) is 4.79 Å². The van der Waals surface area contributed by atoms with Crippen molar-refractivity contribution >= 4 is 17.8 Å². The number of nitrogens with two attached hydrogens (primary N) is 1. The van der Waals surface area contributed by atoms with E-state index in [0.29, 0.717) is 0 Å². The van der Waals surface area contributed by atoms with Crippen molar-refractivity contribution in [3.63, 3.8) is 0 Å². The van der Waals surface area contributed by atoms with Crippen LogP contribution in [0.1, 0.15) is 19.8 Å². The van der Waals surface area contributed by atoms with E-state index in [1.807, 2.05) is 0 Å². The zero-order chi connectivity index (χ0) is 12.7. The molecule has 0 heterocycles. The minimum atomic E-state index is -1.21. The Morgan fingerprint density at radius 2 is 2.00 bits per heavy atom. The first kappa shape index (κ1) is 14.4. The largest absolute Gasteiger partial charge is 0.480 e. The van der Waals surface area contributed by atoms with Gasteiger partial charge < -0.3 is 20.9 Å². The first-order valence-electron chi connectivity index (χ1n) is 4.74. The van der Waals surface area contributed by atoms with Crippen molar-refractivity contribution in [3.05, 3.63) is 0 Å². The van der Waals surface area contributed by atoms with Gasteiger partial charge in [0, 0.05) is 6.42 Å². The molecule has 7 heteroatoms. The molecular weight excluding hydrogens is 216 g/mol. The van der Waals surface area contributed by atoms with Crippen molar-refractivity contribution in [3.8, 4) is 0 Å². The van der Waals surface area contributed by atoms with Crippen LogP contribution >= 0.6 is 0 Å². The second-order valence-corrected chi connectivity index (χ2v) is 3.30. The summed E-state index contributed by atoms with van der Waals surface area (Å²) >= 11 is 0. The zero-order valence-electron chi connectivity index (χ0n) is 9.23. The molecule has 1 amide bonds. The molecule has 0 aromatic rings. The van der Waals surface area contributed by atoms with Crippen LogP contribution in [0.3, 0.4) is 0 Å². The van der Waals surface area contributed by atoms with E-state index in [1.165, 1.54) is 14.0 Å². The van der Waals surface area contributed by atoms with Crippen LogP contribution in [0.5, 0.6) is 0 Å². The lowest BCUT2D eigenvalue weighted by molar-refractivity contribution is -0.144. The molecule has 0 aliphatic rings. The molecule has 0 aromatic carbocycles. The Hall–Kier alpha value is -1.63. The monoisotopic (exact) mass is 232 g/mol. The molecule has 0 saturated heterocycles. The average molecular weight is 232 g/mol. The molecule has 0 bridgehead atoms.